The second kappa shape index (κ2) is 16.7. The van der Waals surface area contributed by atoms with Crippen molar-refractivity contribution in [3.63, 3.8) is 0 Å². The maximum atomic E-state index is 13.6. The zero-order chi connectivity index (χ0) is 34.8. The molecule has 0 unspecified atom stereocenters. The molecule has 2 heterocycles. The summed E-state index contributed by atoms with van der Waals surface area (Å²) in [6.07, 6.45) is 4.30. The SMILES string of the molecule is C[C@H](NC(=O)[C@H](CCCCN)NC(=O)[C@@H](N)Cc1c[nH]c2ccccc12)C(=O)N[C@@H](Cc1ccc(O)cc1)C(=O)N1CCC[C@H]1C(=O)O. The molecule has 10 N–H and O–H groups in total. The Morgan fingerprint density at radius 2 is 1.65 bits per heavy atom. The van der Waals surface area contributed by atoms with Crippen molar-refractivity contribution in [1.29, 1.82) is 0 Å². The van der Waals surface area contributed by atoms with Crippen molar-refractivity contribution in [2.45, 2.75) is 82.1 Å². The number of hydrogen-bond acceptors (Lipinski definition) is 8. The normalized spacial score (nSPS) is 16.9. The van der Waals surface area contributed by atoms with Gasteiger partial charge in [0.05, 0.1) is 6.04 Å². The summed E-state index contributed by atoms with van der Waals surface area (Å²) in [7, 11) is 0. The van der Waals surface area contributed by atoms with Gasteiger partial charge in [-0.2, -0.15) is 0 Å². The van der Waals surface area contributed by atoms with E-state index in [1.807, 2.05) is 24.3 Å². The van der Waals surface area contributed by atoms with Gasteiger partial charge in [-0.1, -0.05) is 30.3 Å². The molecule has 0 spiro atoms. The van der Waals surface area contributed by atoms with Crippen LogP contribution in [0.2, 0.25) is 0 Å². The number of carbonyl (C=O) groups excluding carboxylic acids is 4. The fourth-order valence-corrected chi connectivity index (χ4v) is 5.90. The lowest BCUT2D eigenvalue weighted by Gasteiger charge is -2.28. The molecule has 2 aromatic carbocycles. The molecule has 258 valence electrons. The molecule has 0 bridgehead atoms. The lowest BCUT2D eigenvalue weighted by molar-refractivity contribution is -0.149. The van der Waals surface area contributed by atoms with Gasteiger partial charge in [0.2, 0.25) is 23.6 Å². The average Bonchev–Trinajstić information content (AvgIpc) is 3.72. The van der Waals surface area contributed by atoms with Crippen molar-refractivity contribution in [2.24, 2.45) is 11.5 Å². The van der Waals surface area contributed by atoms with E-state index < -0.39 is 59.8 Å². The Morgan fingerprint density at radius 3 is 2.35 bits per heavy atom. The monoisotopic (exact) mass is 663 g/mol. The summed E-state index contributed by atoms with van der Waals surface area (Å²) >= 11 is 0. The van der Waals surface area contributed by atoms with Gasteiger partial charge in [-0.15, -0.1) is 0 Å². The maximum Gasteiger partial charge on any atom is 0.326 e. The quantitative estimate of drug-likeness (QED) is 0.100. The number of unbranched alkanes of at least 4 members (excludes halogenated alkanes) is 1. The number of aliphatic carboxylic acids is 1. The van der Waals surface area contributed by atoms with Crippen LogP contribution in [0.3, 0.4) is 0 Å². The Bertz CT molecular complexity index is 1590. The van der Waals surface area contributed by atoms with Crippen molar-refractivity contribution < 1.29 is 34.2 Å². The first-order valence-electron chi connectivity index (χ1n) is 16.2. The van der Waals surface area contributed by atoms with Crippen LogP contribution in [0.4, 0.5) is 0 Å². The van der Waals surface area contributed by atoms with E-state index in [4.69, 9.17) is 11.5 Å². The van der Waals surface area contributed by atoms with Crippen molar-refractivity contribution in [3.05, 3.63) is 65.9 Å². The van der Waals surface area contributed by atoms with Crippen molar-refractivity contribution in [2.75, 3.05) is 13.1 Å². The molecule has 0 aliphatic carbocycles. The third kappa shape index (κ3) is 9.32. The van der Waals surface area contributed by atoms with Crippen LogP contribution in [-0.4, -0.2) is 93.0 Å². The lowest BCUT2D eigenvalue weighted by Crippen LogP contribution is -2.58. The van der Waals surface area contributed by atoms with Crippen LogP contribution in [0, 0.1) is 0 Å². The highest BCUT2D eigenvalue weighted by Crippen LogP contribution is 2.21. The highest BCUT2D eigenvalue weighted by molar-refractivity contribution is 5.95. The number of aromatic nitrogens is 1. The number of likely N-dealkylation sites (tertiary alicyclic amines) is 1. The summed E-state index contributed by atoms with van der Waals surface area (Å²) in [6, 6.07) is 8.55. The molecular formula is C34H45N7O7. The number of amides is 4. The van der Waals surface area contributed by atoms with E-state index in [0.717, 1.165) is 16.5 Å². The summed E-state index contributed by atoms with van der Waals surface area (Å²) < 4.78 is 0. The summed E-state index contributed by atoms with van der Waals surface area (Å²) in [5.74, 6) is -3.46. The molecule has 0 radical (unpaired) electrons. The molecule has 4 amide bonds. The number of aromatic amines is 1. The number of H-pyrrole nitrogens is 1. The largest absolute Gasteiger partial charge is 0.508 e. The predicted molar refractivity (Wildman–Crippen MR) is 179 cm³/mol. The molecule has 14 heteroatoms. The Hall–Kier alpha value is -4.95. The summed E-state index contributed by atoms with van der Waals surface area (Å²) in [5.41, 5.74) is 14.3. The van der Waals surface area contributed by atoms with E-state index in [9.17, 15) is 34.2 Å². The van der Waals surface area contributed by atoms with Crippen molar-refractivity contribution >= 4 is 40.5 Å². The van der Waals surface area contributed by atoms with Gasteiger partial charge in [0.15, 0.2) is 0 Å². The molecule has 5 atom stereocenters. The Balaban J connectivity index is 1.42. The number of phenols is 1. The van der Waals surface area contributed by atoms with Gasteiger partial charge >= 0.3 is 5.97 Å². The molecule has 1 fully saturated rings. The van der Waals surface area contributed by atoms with Crippen molar-refractivity contribution in [1.82, 2.24) is 25.8 Å². The van der Waals surface area contributed by atoms with Crippen LogP contribution in [0.5, 0.6) is 5.75 Å². The molecular weight excluding hydrogens is 618 g/mol. The minimum absolute atomic E-state index is 0.0273. The molecule has 1 aliphatic heterocycles. The van der Waals surface area contributed by atoms with Gasteiger partial charge in [-0.25, -0.2) is 4.79 Å². The fourth-order valence-electron chi connectivity index (χ4n) is 5.90. The second-order valence-electron chi connectivity index (χ2n) is 12.2. The number of carboxylic acid groups (broad SMARTS) is 1. The summed E-state index contributed by atoms with van der Waals surface area (Å²) in [6.45, 7) is 2.08. The van der Waals surface area contributed by atoms with Gasteiger partial charge in [-0.3, -0.25) is 19.2 Å². The number of rotatable bonds is 16. The second-order valence-corrected chi connectivity index (χ2v) is 12.2. The first kappa shape index (κ1) is 35.9. The number of aromatic hydroxyl groups is 1. The average molecular weight is 664 g/mol. The number of nitrogens with two attached hydrogens (primary N) is 2. The smallest absolute Gasteiger partial charge is 0.326 e. The van der Waals surface area contributed by atoms with Crippen LogP contribution in [-0.2, 0) is 36.8 Å². The molecule has 0 saturated carbocycles. The number of fused-ring (bicyclic) bond motifs is 1. The topological polar surface area (TPSA) is 233 Å². The Morgan fingerprint density at radius 1 is 0.938 bits per heavy atom. The number of benzene rings is 2. The van der Waals surface area contributed by atoms with E-state index in [0.29, 0.717) is 37.8 Å². The highest BCUT2D eigenvalue weighted by atomic mass is 16.4. The molecule has 14 nitrogen and oxygen atoms in total. The third-order valence-corrected chi connectivity index (χ3v) is 8.60. The van der Waals surface area contributed by atoms with Gasteiger partial charge in [0.25, 0.3) is 0 Å². The zero-order valence-electron chi connectivity index (χ0n) is 27.0. The van der Waals surface area contributed by atoms with E-state index >= 15 is 0 Å². The molecule has 1 aromatic heterocycles. The van der Waals surface area contributed by atoms with Crippen LogP contribution in [0.25, 0.3) is 10.9 Å². The molecule has 4 rings (SSSR count). The third-order valence-electron chi connectivity index (χ3n) is 8.60. The van der Waals surface area contributed by atoms with Gasteiger partial charge < -0.3 is 47.5 Å². The predicted octanol–water partition coefficient (Wildman–Crippen LogP) is 0.665. The number of hydrogen-bond donors (Lipinski definition) is 8. The number of carboxylic acids is 1. The minimum Gasteiger partial charge on any atom is -0.508 e. The summed E-state index contributed by atoms with van der Waals surface area (Å²) in [5, 5.41) is 28.3. The van der Waals surface area contributed by atoms with Gasteiger partial charge in [0, 0.05) is 30.1 Å². The molecule has 1 aliphatic rings. The highest BCUT2D eigenvalue weighted by Gasteiger charge is 2.38. The van der Waals surface area contributed by atoms with Crippen LogP contribution in [0.1, 0.15) is 50.2 Å². The minimum atomic E-state index is -1.14. The first-order chi connectivity index (χ1) is 23.0. The number of nitrogens with one attached hydrogen (secondary N) is 4. The fraction of sp³-hybridized carbons (Fsp3) is 0.441. The van der Waals surface area contributed by atoms with Crippen LogP contribution < -0.4 is 27.4 Å². The van der Waals surface area contributed by atoms with Gasteiger partial charge in [-0.05, 0) is 81.3 Å². The standard InChI is InChI=1S/C34H45N7O7/c1-20(30(43)40-28(17-21-11-13-23(42)14-12-21)33(46)41-16-6-10-29(41)34(47)48)38-32(45)27(9-4-5-15-35)39-31(44)25(36)18-22-19-37-26-8-3-2-7-24(22)26/h2-3,7-8,11-14,19-20,25,27-29,37,42H,4-6,9-10,15-18,35-36H2,1H3,(H,38,45)(H,39,44)(H,40,43)(H,47,48)/t20-,25-,27-,28-,29-/m0/s1. The number of carbonyl (C=O) groups is 5. The van der Waals surface area contributed by atoms with Crippen LogP contribution in [0.15, 0.2) is 54.7 Å². The molecule has 3 aromatic rings. The summed E-state index contributed by atoms with van der Waals surface area (Å²) in [4.78, 5) is 69.7. The van der Waals surface area contributed by atoms with E-state index in [1.54, 1.807) is 18.3 Å². The Kier molecular flexibility index (Phi) is 12.5. The number of para-hydroxylation sites is 1. The maximum absolute atomic E-state index is 13.6. The molecule has 48 heavy (non-hydrogen) atoms. The number of nitrogens with zero attached hydrogens (tertiary/aromatic N) is 1. The Labute approximate surface area is 278 Å². The first-order valence-corrected chi connectivity index (χ1v) is 16.2. The molecule has 1 saturated heterocycles. The van der Waals surface area contributed by atoms with E-state index in [1.165, 1.54) is 24.0 Å². The van der Waals surface area contributed by atoms with E-state index in [-0.39, 0.29) is 31.6 Å². The van der Waals surface area contributed by atoms with Crippen molar-refractivity contribution in [3.8, 4) is 5.75 Å². The van der Waals surface area contributed by atoms with E-state index in [2.05, 4.69) is 20.9 Å². The van der Waals surface area contributed by atoms with Crippen LogP contribution >= 0.6 is 0 Å². The van der Waals surface area contributed by atoms with Gasteiger partial charge in [0.1, 0.15) is 29.9 Å². The zero-order valence-corrected chi connectivity index (χ0v) is 27.0. The lowest BCUT2D eigenvalue weighted by atomic mass is 10.0. The number of phenolic OH excluding ortho intramolecular Hbond substituents is 1.